The Morgan fingerprint density at radius 1 is 0.964 bits per heavy atom. The Morgan fingerprint density at radius 2 is 1.64 bits per heavy atom. The molecule has 4 aromatic rings. The molecule has 1 amide bonds. The summed E-state index contributed by atoms with van der Waals surface area (Å²) in [6, 6.07) is 19.7. The van der Waals surface area contributed by atoms with Gasteiger partial charge in [0.25, 0.3) is 5.91 Å². The van der Waals surface area contributed by atoms with Crippen molar-refractivity contribution in [1.82, 2.24) is 15.0 Å². The molecule has 0 spiro atoms. The van der Waals surface area contributed by atoms with Gasteiger partial charge in [-0.05, 0) is 63.2 Å². The first-order valence-electron chi connectivity index (χ1n) is 9.20. The lowest BCUT2D eigenvalue weighted by Crippen LogP contribution is -2.17. The van der Waals surface area contributed by atoms with Gasteiger partial charge in [-0.25, -0.2) is 5.43 Å². The first-order valence-corrected chi connectivity index (χ1v) is 9.20. The summed E-state index contributed by atoms with van der Waals surface area (Å²) in [5.74, 6) is -0.235. The predicted molar refractivity (Wildman–Crippen MR) is 113 cm³/mol. The molecule has 0 unspecified atom stereocenters. The van der Waals surface area contributed by atoms with Gasteiger partial charge in [-0.2, -0.15) is 5.10 Å². The SMILES string of the molecule is Cc1[nH]c2ccccc2c1/C=N/NC(=O)c1ccc(-n2c(C)ccc2C)cc1. The zero-order chi connectivity index (χ0) is 19.7. The molecule has 140 valence electrons. The van der Waals surface area contributed by atoms with Gasteiger partial charge in [-0.3, -0.25) is 4.79 Å². The van der Waals surface area contributed by atoms with Crippen LogP contribution in [-0.4, -0.2) is 21.7 Å². The van der Waals surface area contributed by atoms with Gasteiger partial charge in [0.2, 0.25) is 0 Å². The van der Waals surface area contributed by atoms with Crippen molar-refractivity contribution in [3.8, 4) is 5.69 Å². The maximum atomic E-state index is 12.4. The van der Waals surface area contributed by atoms with E-state index < -0.39 is 0 Å². The average molecular weight is 370 g/mol. The maximum Gasteiger partial charge on any atom is 0.271 e. The molecule has 0 fully saturated rings. The van der Waals surface area contributed by atoms with Crippen molar-refractivity contribution in [3.05, 3.63) is 88.9 Å². The number of aryl methyl sites for hydroxylation is 3. The highest BCUT2D eigenvalue weighted by molar-refractivity contribution is 6.01. The van der Waals surface area contributed by atoms with Crippen LogP contribution < -0.4 is 5.43 Å². The Balaban J connectivity index is 1.49. The Kier molecular flexibility index (Phi) is 4.57. The third-order valence-electron chi connectivity index (χ3n) is 4.96. The number of hydrogen-bond donors (Lipinski definition) is 2. The first-order chi connectivity index (χ1) is 13.5. The fourth-order valence-electron chi connectivity index (χ4n) is 3.52. The van der Waals surface area contributed by atoms with E-state index >= 15 is 0 Å². The van der Waals surface area contributed by atoms with Crippen LogP contribution in [0.5, 0.6) is 0 Å². The molecule has 0 atom stereocenters. The van der Waals surface area contributed by atoms with Gasteiger partial charge in [0, 0.05) is 44.8 Å². The number of nitrogens with one attached hydrogen (secondary N) is 2. The monoisotopic (exact) mass is 370 g/mol. The lowest BCUT2D eigenvalue weighted by atomic mass is 10.1. The van der Waals surface area contributed by atoms with Crippen molar-refractivity contribution < 1.29 is 4.79 Å². The van der Waals surface area contributed by atoms with Crippen LogP contribution in [0.2, 0.25) is 0 Å². The minimum atomic E-state index is -0.235. The molecule has 0 aliphatic heterocycles. The minimum absolute atomic E-state index is 0.235. The highest BCUT2D eigenvalue weighted by Crippen LogP contribution is 2.20. The number of nitrogens with zero attached hydrogens (tertiary/aromatic N) is 2. The Bertz CT molecular complexity index is 1160. The van der Waals surface area contributed by atoms with E-state index in [4.69, 9.17) is 0 Å². The second-order valence-corrected chi connectivity index (χ2v) is 6.91. The van der Waals surface area contributed by atoms with Gasteiger partial charge in [-0.15, -0.1) is 0 Å². The van der Waals surface area contributed by atoms with E-state index in [1.54, 1.807) is 6.21 Å². The van der Waals surface area contributed by atoms with Crippen LogP contribution in [0.1, 0.15) is 33.0 Å². The van der Waals surface area contributed by atoms with Crippen LogP contribution in [0.4, 0.5) is 0 Å². The predicted octanol–water partition coefficient (Wildman–Crippen LogP) is 4.65. The zero-order valence-electron chi connectivity index (χ0n) is 16.2. The summed E-state index contributed by atoms with van der Waals surface area (Å²) in [6.07, 6.45) is 1.69. The number of amides is 1. The normalized spacial score (nSPS) is 11.4. The van der Waals surface area contributed by atoms with Crippen molar-refractivity contribution >= 4 is 23.0 Å². The lowest BCUT2D eigenvalue weighted by molar-refractivity contribution is 0.0955. The number of hydrazone groups is 1. The van der Waals surface area contributed by atoms with Crippen molar-refractivity contribution in [1.29, 1.82) is 0 Å². The maximum absolute atomic E-state index is 12.4. The number of H-pyrrole nitrogens is 1. The quantitative estimate of drug-likeness (QED) is 0.399. The lowest BCUT2D eigenvalue weighted by Gasteiger charge is -2.10. The van der Waals surface area contributed by atoms with E-state index in [0.717, 1.165) is 39.2 Å². The number of fused-ring (bicyclic) bond motifs is 1. The second kappa shape index (κ2) is 7.19. The van der Waals surface area contributed by atoms with Gasteiger partial charge in [0.15, 0.2) is 0 Å². The van der Waals surface area contributed by atoms with Gasteiger partial charge < -0.3 is 9.55 Å². The van der Waals surface area contributed by atoms with Crippen molar-refractivity contribution in [2.45, 2.75) is 20.8 Å². The summed E-state index contributed by atoms with van der Waals surface area (Å²) in [7, 11) is 0. The molecule has 2 aromatic heterocycles. The highest BCUT2D eigenvalue weighted by Gasteiger charge is 2.08. The molecule has 0 saturated carbocycles. The molecular weight excluding hydrogens is 348 g/mol. The number of benzene rings is 2. The molecule has 5 heteroatoms. The summed E-state index contributed by atoms with van der Waals surface area (Å²) in [4.78, 5) is 15.7. The molecule has 4 rings (SSSR count). The third kappa shape index (κ3) is 3.22. The Hall–Kier alpha value is -3.60. The van der Waals surface area contributed by atoms with Gasteiger partial charge in [0.1, 0.15) is 0 Å². The molecule has 2 heterocycles. The van der Waals surface area contributed by atoms with Crippen LogP contribution in [0.3, 0.4) is 0 Å². The van der Waals surface area contributed by atoms with Gasteiger partial charge >= 0.3 is 0 Å². The zero-order valence-corrected chi connectivity index (χ0v) is 16.2. The molecular formula is C23H22N4O. The van der Waals surface area contributed by atoms with E-state index in [1.165, 1.54) is 0 Å². The number of para-hydroxylation sites is 1. The molecule has 5 nitrogen and oxygen atoms in total. The van der Waals surface area contributed by atoms with E-state index in [9.17, 15) is 4.79 Å². The molecule has 0 bridgehead atoms. The molecule has 28 heavy (non-hydrogen) atoms. The average Bonchev–Trinajstić information content (AvgIpc) is 3.20. The van der Waals surface area contributed by atoms with Crippen molar-refractivity contribution in [2.24, 2.45) is 5.10 Å². The number of hydrogen-bond acceptors (Lipinski definition) is 2. The fraction of sp³-hybridized carbons (Fsp3) is 0.130. The summed E-state index contributed by atoms with van der Waals surface area (Å²) in [6.45, 7) is 6.12. The Morgan fingerprint density at radius 3 is 2.36 bits per heavy atom. The largest absolute Gasteiger partial charge is 0.358 e. The molecule has 0 radical (unpaired) electrons. The first kappa shape index (κ1) is 17.8. The van der Waals surface area contributed by atoms with Crippen LogP contribution in [0.25, 0.3) is 16.6 Å². The van der Waals surface area contributed by atoms with E-state index in [0.29, 0.717) is 5.56 Å². The summed E-state index contributed by atoms with van der Waals surface area (Å²) in [5.41, 5.74) is 9.59. The minimum Gasteiger partial charge on any atom is -0.358 e. The van der Waals surface area contributed by atoms with Crippen molar-refractivity contribution in [3.63, 3.8) is 0 Å². The third-order valence-corrected chi connectivity index (χ3v) is 4.96. The molecule has 2 N–H and O–H groups in total. The van der Waals surface area contributed by atoms with Crippen LogP contribution in [0, 0.1) is 20.8 Å². The number of aromatic amines is 1. The highest BCUT2D eigenvalue weighted by atomic mass is 16.2. The summed E-state index contributed by atoms with van der Waals surface area (Å²) < 4.78 is 2.15. The topological polar surface area (TPSA) is 62.2 Å². The molecule has 0 aliphatic carbocycles. The number of carbonyl (C=O) groups is 1. The summed E-state index contributed by atoms with van der Waals surface area (Å²) >= 11 is 0. The molecule has 0 aliphatic rings. The van der Waals surface area contributed by atoms with Crippen LogP contribution in [-0.2, 0) is 0 Å². The molecule has 0 saturated heterocycles. The van der Waals surface area contributed by atoms with E-state index in [2.05, 4.69) is 46.1 Å². The number of rotatable bonds is 4. The van der Waals surface area contributed by atoms with Gasteiger partial charge in [-0.1, -0.05) is 18.2 Å². The van der Waals surface area contributed by atoms with Crippen molar-refractivity contribution in [2.75, 3.05) is 0 Å². The van der Waals surface area contributed by atoms with Crippen LogP contribution in [0.15, 0.2) is 65.8 Å². The Labute approximate surface area is 163 Å². The van der Waals surface area contributed by atoms with Gasteiger partial charge in [0.05, 0.1) is 6.21 Å². The number of aromatic nitrogens is 2. The number of carbonyl (C=O) groups excluding carboxylic acids is 1. The fourth-order valence-corrected chi connectivity index (χ4v) is 3.52. The summed E-state index contributed by atoms with van der Waals surface area (Å²) in [5, 5.41) is 5.24. The van der Waals surface area contributed by atoms with Crippen LogP contribution >= 0.6 is 0 Å². The second-order valence-electron chi connectivity index (χ2n) is 6.91. The molecule has 2 aromatic carbocycles. The standard InChI is InChI=1S/C23H22N4O/c1-15-8-9-16(2)27(15)19-12-10-18(11-13-19)23(28)26-24-14-21-17(3)25-22-7-5-4-6-20(21)22/h4-14,25H,1-3H3,(H,26,28)/b24-14+. The van der Waals surface area contributed by atoms with E-state index in [-0.39, 0.29) is 5.91 Å². The smallest absolute Gasteiger partial charge is 0.271 e. The van der Waals surface area contributed by atoms with E-state index in [1.807, 2.05) is 55.5 Å².